The number of hydrogen-bond acceptors (Lipinski definition) is 3. The molecule has 0 spiro atoms. The predicted molar refractivity (Wildman–Crippen MR) is 125 cm³/mol. The lowest BCUT2D eigenvalue weighted by Gasteiger charge is -2.34. The number of fused-ring (bicyclic) bond motifs is 1. The molecule has 1 atom stereocenters. The molecule has 2 aliphatic rings. The van der Waals surface area contributed by atoms with Gasteiger partial charge in [0.2, 0.25) is 5.91 Å². The second-order valence-electron chi connectivity index (χ2n) is 9.52. The molecule has 5 nitrogen and oxygen atoms in total. The van der Waals surface area contributed by atoms with Gasteiger partial charge in [0.15, 0.2) is 11.8 Å². The predicted octanol–water partition coefficient (Wildman–Crippen LogP) is 4.90. The Morgan fingerprint density at radius 2 is 1.74 bits per heavy atom. The molecule has 1 aromatic rings. The quantitative estimate of drug-likeness (QED) is 0.661. The van der Waals surface area contributed by atoms with Gasteiger partial charge in [-0.1, -0.05) is 64.2 Å². The van der Waals surface area contributed by atoms with E-state index in [9.17, 15) is 14.4 Å². The van der Waals surface area contributed by atoms with Gasteiger partial charge in [0, 0.05) is 18.0 Å². The van der Waals surface area contributed by atoms with E-state index < -0.39 is 6.04 Å². The Balaban J connectivity index is 1.87. The van der Waals surface area contributed by atoms with E-state index in [4.69, 9.17) is 0 Å². The third-order valence-corrected chi connectivity index (χ3v) is 6.49. The van der Waals surface area contributed by atoms with Crippen molar-refractivity contribution in [2.24, 2.45) is 11.8 Å². The Kier molecular flexibility index (Phi) is 7.69. The van der Waals surface area contributed by atoms with Crippen LogP contribution in [0.5, 0.6) is 0 Å². The molecule has 1 unspecified atom stereocenters. The molecule has 5 heteroatoms. The van der Waals surface area contributed by atoms with Crippen LogP contribution >= 0.6 is 0 Å². The molecule has 1 fully saturated rings. The molecule has 0 aromatic heterocycles. The first-order valence-corrected chi connectivity index (χ1v) is 11.8. The summed E-state index contributed by atoms with van der Waals surface area (Å²) in [4.78, 5) is 41.1. The van der Waals surface area contributed by atoms with Crippen LogP contribution < -0.4 is 10.2 Å². The number of ketones is 1. The summed E-state index contributed by atoms with van der Waals surface area (Å²) in [6.07, 6.45) is 8.84. The summed E-state index contributed by atoms with van der Waals surface area (Å²) in [5.41, 5.74) is 2.58. The summed E-state index contributed by atoms with van der Waals surface area (Å²) in [5.74, 6) is -0.239. The number of para-hydroxylation sites is 1. The molecule has 1 heterocycles. The van der Waals surface area contributed by atoms with Crippen molar-refractivity contribution in [2.75, 3.05) is 4.90 Å². The lowest BCUT2D eigenvalue weighted by molar-refractivity contribution is -0.133. The van der Waals surface area contributed by atoms with Gasteiger partial charge in [-0.2, -0.15) is 0 Å². The van der Waals surface area contributed by atoms with Crippen LogP contribution in [-0.2, 0) is 14.4 Å². The molecule has 168 valence electrons. The molecule has 0 bridgehead atoms. The van der Waals surface area contributed by atoms with Gasteiger partial charge < -0.3 is 10.2 Å². The molecule has 1 aliphatic heterocycles. The normalized spacial score (nSPS) is 20.4. The summed E-state index contributed by atoms with van der Waals surface area (Å²) in [6.45, 7) is 7.94. The molecule has 1 N–H and O–H groups in total. The highest BCUT2D eigenvalue weighted by Gasteiger charge is 2.36. The van der Waals surface area contributed by atoms with Crippen LogP contribution in [0.3, 0.4) is 0 Å². The van der Waals surface area contributed by atoms with Crippen LogP contribution in [0.1, 0.15) is 78.2 Å². The van der Waals surface area contributed by atoms with Crippen molar-refractivity contribution in [3.05, 3.63) is 35.9 Å². The van der Waals surface area contributed by atoms with Gasteiger partial charge in [-0.25, -0.2) is 0 Å². The van der Waals surface area contributed by atoms with Crippen molar-refractivity contribution in [3.8, 4) is 0 Å². The van der Waals surface area contributed by atoms with Gasteiger partial charge in [0.1, 0.15) is 0 Å². The average molecular weight is 425 g/mol. The maximum Gasteiger partial charge on any atom is 0.257 e. The molecule has 0 radical (unpaired) electrons. The number of rotatable bonds is 6. The summed E-state index contributed by atoms with van der Waals surface area (Å²) in [5, 5.41) is 2.78. The number of nitrogens with zero attached hydrogens (tertiary/aromatic N) is 1. The van der Waals surface area contributed by atoms with Crippen LogP contribution in [0.4, 0.5) is 5.69 Å². The van der Waals surface area contributed by atoms with E-state index in [2.05, 4.69) is 5.32 Å². The van der Waals surface area contributed by atoms with E-state index in [0.717, 1.165) is 23.2 Å². The van der Waals surface area contributed by atoms with Crippen LogP contribution in [0, 0.1) is 11.8 Å². The van der Waals surface area contributed by atoms with Crippen molar-refractivity contribution < 1.29 is 14.4 Å². The van der Waals surface area contributed by atoms with Gasteiger partial charge in [0.25, 0.3) is 5.91 Å². The molecule has 0 saturated heterocycles. The van der Waals surface area contributed by atoms with Crippen molar-refractivity contribution in [3.63, 3.8) is 0 Å². The van der Waals surface area contributed by atoms with Crippen LogP contribution in [-0.4, -0.2) is 29.7 Å². The van der Waals surface area contributed by atoms with E-state index in [0.29, 0.717) is 12.3 Å². The maximum absolute atomic E-state index is 13.5. The topological polar surface area (TPSA) is 66.5 Å². The number of carbonyl (C=O) groups excluding carboxylic acids is 3. The number of anilines is 1. The monoisotopic (exact) mass is 424 g/mol. The fraction of sp³-hybridized carbons (Fsp3) is 0.577. The first-order chi connectivity index (χ1) is 14.8. The first kappa shape index (κ1) is 23.2. The van der Waals surface area contributed by atoms with Crippen LogP contribution in [0.2, 0.25) is 0 Å². The highest BCUT2D eigenvalue weighted by molar-refractivity contribution is 6.20. The van der Waals surface area contributed by atoms with Gasteiger partial charge in [-0.3, -0.25) is 14.4 Å². The Morgan fingerprint density at radius 1 is 1.06 bits per heavy atom. The average Bonchev–Trinajstić information content (AvgIpc) is 2.74. The number of allylic oxidation sites excluding steroid dienone is 1. The zero-order valence-electron chi connectivity index (χ0n) is 19.3. The van der Waals surface area contributed by atoms with Crippen LogP contribution in [0.25, 0.3) is 5.57 Å². The number of amides is 2. The van der Waals surface area contributed by atoms with Crippen molar-refractivity contribution >= 4 is 28.9 Å². The van der Waals surface area contributed by atoms with E-state index >= 15 is 0 Å². The second-order valence-corrected chi connectivity index (χ2v) is 9.52. The number of benzene rings is 1. The minimum absolute atomic E-state index is 0.106. The fourth-order valence-corrected chi connectivity index (χ4v) is 4.81. The van der Waals surface area contributed by atoms with Gasteiger partial charge in [-0.15, -0.1) is 0 Å². The Bertz CT molecular complexity index is 850. The van der Waals surface area contributed by atoms with E-state index in [1.165, 1.54) is 32.1 Å². The Hall–Kier alpha value is -2.43. The SMILES string of the molecule is CC(C)C1=CC(=O)C(NC(=O)CCC2CCCCC2)C(=O)N(C(C)C)c2ccccc21. The molecule has 2 amide bonds. The number of carbonyl (C=O) groups is 3. The minimum Gasteiger partial charge on any atom is -0.338 e. The molecule has 31 heavy (non-hydrogen) atoms. The fourth-order valence-electron chi connectivity index (χ4n) is 4.81. The van der Waals surface area contributed by atoms with Gasteiger partial charge >= 0.3 is 0 Å². The lowest BCUT2D eigenvalue weighted by atomic mass is 9.86. The molecule has 3 rings (SSSR count). The Labute approximate surface area is 186 Å². The summed E-state index contributed by atoms with van der Waals surface area (Å²) in [6, 6.07) is 6.38. The zero-order chi connectivity index (χ0) is 22.5. The van der Waals surface area contributed by atoms with Crippen molar-refractivity contribution in [2.45, 2.75) is 84.7 Å². The smallest absolute Gasteiger partial charge is 0.257 e. The van der Waals surface area contributed by atoms with Crippen LogP contribution in [0.15, 0.2) is 30.3 Å². The standard InChI is InChI=1S/C26H36N2O3/c1-17(2)21-16-23(29)25(27-24(30)15-14-19-10-6-5-7-11-19)26(31)28(18(3)4)22-13-9-8-12-20(21)22/h8-9,12-13,16-19,25H,5-7,10-11,14-15H2,1-4H3,(H,27,30). The molecular formula is C26H36N2O3. The summed E-state index contributed by atoms with van der Waals surface area (Å²) in [7, 11) is 0. The third-order valence-electron chi connectivity index (χ3n) is 6.49. The van der Waals surface area contributed by atoms with E-state index in [-0.39, 0.29) is 29.6 Å². The zero-order valence-corrected chi connectivity index (χ0v) is 19.3. The number of nitrogens with one attached hydrogen (secondary N) is 1. The van der Waals surface area contributed by atoms with Gasteiger partial charge in [0.05, 0.1) is 5.69 Å². The molecule has 1 aromatic carbocycles. The third kappa shape index (κ3) is 5.44. The highest BCUT2D eigenvalue weighted by Crippen LogP contribution is 2.35. The largest absolute Gasteiger partial charge is 0.338 e. The molecule has 1 saturated carbocycles. The maximum atomic E-state index is 13.5. The van der Waals surface area contributed by atoms with Crippen molar-refractivity contribution in [1.82, 2.24) is 5.32 Å². The van der Waals surface area contributed by atoms with Crippen molar-refractivity contribution in [1.29, 1.82) is 0 Å². The molecule has 1 aliphatic carbocycles. The van der Waals surface area contributed by atoms with Gasteiger partial charge in [-0.05, 0) is 49.8 Å². The summed E-state index contributed by atoms with van der Waals surface area (Å²) >= 11 is 0. The first-order valence-electron chi connectivity index (χ1n) is 11.8. The lowest BCUT2D eigenvalue weighted by Crippen LogP contribution is -2.55. The molecular weight excluding hydrogens is 388 g/mol. The van der Waals surface area contributed by atoms with E-state index in [1.54, 1.807) is 11.0 Å². The summed E-state index contributed by atoms with van der Waals surface area (Å²) < 4.78 is 0. The van der Waals surface area contributed by atoms with E-state index in [1.807, 2.05) is 52.0 Å². The second kappa shape index (κ2) is 10.3. The minimum atomic E-state index is -1.18. The Morgan fingerprint density at radius 3 is 2.39 bits per heavy atom. The number of hydrogen-bond donors (Lipinski definition) is 1. The highest BCUT2D eigenvalue weighted by atomic mass is 16.2.